The summed E-state index contributed by atoms with van der Waals surface area (Å²) < 4.78 is 7.09. The van der Waals surface area contributed by atoms with Gasteiger partial charge in [0.15, 0.2) is 0 Å². The fraction of sp³-hybridized carbons (Fsp3) is 0.571. The minimum Gasteiger partial charge on any atom is -0.374 e. The number of ether oxygens (including phenoxy) is 1. The van der Waals surface area contributed by atoms with Crippen molar-refractivity contribution in [1.29, 1.82) is 0 Å². The van der Waals surface area contributed by atoms with Crippen LogP contribution in [0.15, 0.2) is 24.3 Å². The predicted molar refractivity (Wildman–Crippen MR) is 81.4 cm³/mol. The molecule has 0 aromatic heterocycles. The number of benzene rings is 1. The molecule has 96 valence electrons. The first-order valence-corrected chi connectivity index (χ1v) is 7.04. The maximum absolute atomic E-state index is 5.81. The van der Waals surface area contributed by atoms with Crippen molar-refractivity contribution < 1.29 is 4.74 Å². The predicted octanol–water partition coefficient (Wildman–Crippen LogP) is 3.24. The van der Waals surface area contributed by atoms with Crippen molar-refractivity contribution in [2.24, 2.45) is 0 Å². The molecule has 1 atom stereocenters. The molecule has 0 saturated carbocycles. The Balaban J connectivity index is 2.49. The Bertz CT molecular complexity index is 329. The van der Waals surface area contributed by atoms with Crippen LogP contribution in [0.1, 0.15) is 26.3 Å². The molecule has 0 aliphatic heterocycles. The van der Waals surface area contributed by atoms with Crippen molar-refractivity contribution in [3.05, 3.63) is 33.4 Å². The lowest BCUT2D eigenvalue weighted by Gasteiger charge is -2.24. The van der Waals surface area contributed by atoms with E-state index >= 15 is 0 Å². The second-order valence-electron chi connectivity index (χ2n) is 5.24. The van der Waals surface area contributed by atoms with Gasteiger partial charge >= 0.3 is 0 Å². The van der Waals surface area contributed by atoms with E-state index in [9.17, 15) is 0 Å². The molecular formula is C14H22INO. The van der Waals surface area contributed by atoms with Gasteiger partial charge in [-0.05, 0) is 74.5 Å². The Hall–Kier alpha value is -0.130. The lowest BCUT2D eigenvalue weighted by atomic mass is 10.1. The molecule has 0 aliphatic rings. The Kier molecular flexibility index (Phi) is 5.89. The zero-order valence-electron chi connectivity index (χ0n) is 11.1. The average molecular weight is 347 g/mol. The molecule has 1 N–H and O–H groups in total. The van der Waals surface area contributed by atoms with Crippen LogP contribution in [0, 0.1) is 3.57 Å². The van der Waals surface area contributed by atoms with Crippen molar-refractivity contribution in [1.82, 2.24) is 5.32 Å². The maximum atomic E-state index is 5.81. The fourth-order valence-electron chi connectivity index (χ4n) is 1.50. The molecule has 0 spiro atoms. The topological polar surface area (TPSA) is 21.3 Å². The van der Waals surface area contributed by atoms with E-state index in [1.165, 1.54) is 9.13 Å². The molecule has 2 nitrogen and oxygen atoms in total. The standard InChI is InChI=1S/C14H22INO/c1-14(2,3)17-10-13(16-4)9-11-5-7-12(15)8-6-11/h5-8,13,16H,9-10H2,1-4H3. The summed E-state index contributed by atoms with van der Waals surface area (Å²) >= 11 is 2.33. The molecule has 1 unspecified atom stereocenters. The van der Waals surface area contributed by atoms with Crippen molar-refractivity contribution in [3.8, 4) is 0 Å². The third kappa shape index (κ3) is 6.38. The van der Waals surface area contributed by atoms with Gasteiger partial charge in [0, 0.05) is 9.61 Å². The number of hydrogen-bond donors (Lipinski definition) is 1. The van der Waals surface area contributed by atoms with E-state index in [0.29, 0.717) is 6.04 Å². The quantitative estimate of drug-likeness (QED) is 0.826. The van der Waals surface area contributed by atoms with Crippen LogP contribution in [0.3, 0.4) is 0 Å². The first-order chi connectivity index (χ1) is 7.90. The summed E-state index contributed by atoms with van der Waals surface area (Å²) in [6.45, 7) is 7.01. The Morgan fingerprint density at radius 2 is 1.82 bits per heavy atom. The lowest BCUT2D eigenvalue weighted by Crippen LogP contribution is -2.36. The van der Waals surface area contributed by atoms with Crippen LogP contribution in [0.4, 0.5) is 0 Å². The van der Waals surface area contributed by atoms with Crippen LogP contribution in [-0.4, -0.2) is 25.3 Å². The van der Waals surface area contributed by atoms with Gasteiger partial charge < -0.3 is 10.1 Å². The van der Waals surface area contributed by atoms with Crippen LogP contribution in [0.5, 0.6) is 0 Å². The Morgan fingerprint density at radius 1 is 1.24 bits per heavy atom. The molecule has 3 heteroatoms. The summed E-state index contributed by atoms with van der Waals surface area (Å²) in [5.41, 5.74) is 1.28. The number of halogens is 1. The molecule has 0 aliphatic carbocycles. The number of likely N-dealkylation sites (N-methyl/N-ethyl adjacent to an activating group) is 1. The van der Waals surface area contributed by atoms with E-state index in [4.69, 9.17) is 4.74 Å². The van der Waals surface area contributed by atoms with E-state index < -0.39 is 0 Å². The van der Waals surface area contributed by atoms with E-state index in [1.54, 1.807) is 0 Å². The molecule has 0 radical (unpaired) electrons. The summed E-state index contributed by atoms with van der Waals surface area (Å²) in [4.78, 5) is 0. The van der Waals surface area contributed by atoms with Crippen LogP contribution >= 0.6 is 22.6 Å². The summed E-state index contributed by atoms with van der Waals surface area (Å²) in [6, 6.07) is 9.03. The minimum atomic E-state index is -0.0683. The van der Waals surface area contributed by atoms with Gasteiger partial charge in [0.25, 0.3) is 0 Å². The van der Waals surface area contributed by atoms with Crippen LogP contribution in [0.2, 0.25) is 0 Å². The number of rotatable bonds is 5. The van der Waals surface area contributed by atoms with Gasteiger partial charge in [-0.1, -0.05) is 12.1 Å². The highest BCUT2D eigenvalue weighted by Gasteiger charge is 2.14. The summed E-state index contributed by atoms with van der Waals surface area (Å²) in [5.74, 6) is 0. The van der Waals surface area contributed by atoms with Crippen molar-refractivity contribution in [3.63, 3.8) is 0 Å². The first kappa shape index (κ1) is 14.9. The van der Waals surface area contributed by atoms with E-state index in [-0.39, 0.29) is 5.60 Å². The summed E-state index contributed by atoms with van der Waals surface area (Å²) in [7, 11) is 1.99. The van der Waals surface area contributed by atoms with Crippen molar-refractivity contribution in [2.45, 2.75) is 38.8 Å². The van der Waals surface area contributed by atoms with Gasteiger partial charge in [-0.2, -0.15) is 0 Å². The van der Waals surface area contributed by atoms with Crippen LogP contribution in [-0.2, 0) is 11.2 Å². The summed E-state index contributed by atoms with van der Waals surface area (Å²) in [5, 5.41) is 3.31. The molecule has 0 saturated heterocycles. The lowest BCUT2D eigenvalue weighted by molar-refractivity contribution is -0.0134. The van der Waals surface area contributed by atoms with Crippen molar-refractivity contribution in [2.75, 3.05) is 13.7 Å². The zero-order valence-corrected chi connectivity index (χ0v) is 13.2. The number of nitrogens with one attached hydrogen (secondary N) is 1. The van der Waals surface area contributed by atoms with E-state index in [0.717, 1.165) is 13.0 Å². The molecule has 0 fully saturated rings. The van der Waals surface area contributed by atoms with Crippen molar-refractivity contribution >= 4 is 22.6 Å². The molecule has 0 amide bonds. The molecule has 1 rings (SSSR count). The molecule has 0 heterocycles. The second-order valence-corrected chi connectivity index (χ2v) is 6.49. The monoisotopic (exact) mass is 347 g/mol. The average Bonchev–Trinajstić information content (AvgIpc) is 2.25. The molecule has 1 aromatic rings. The first-order valence-electron chi connectivity index (χ1n) is 5.96. The molecule has 1 aromatic carbocycles. The maximum Gasteiger partial charge on any atom is 0.0629 e. The highest BCUT2D eigenvalue weighted by atomic mass is 127. The van der Waals surface area contributed by atoms with Gasteiger partial charge in [-0.15, -0.1) is 0 Å². The van der Waals surface area contributed by atoms with Gasteiger partial charge in [0.2, 0.25) is 0 Å². The van der Waals surface area contributed by atoms with E-state index in [1.807, 2.05) is 7.05 Å². The Morgan fingerprint density at radius 3 is 2.29 bits per heavy atom. The smallest absolute Gasteiger partial charge is 0.0629 e. The molecule has 17 heavy (non-hydrogen) atoms. The van der Waals surface area contributed by atoms with E-state index in [2.05, 4.69) is 72.9 Å². The highest BCUT2D eigenvalue weighted by molar-refractivity contribution is 14.1. The zero-order chi connectivity index (χ0) is 12.9. The van der Waals surface area contributed by atoms with Gasteiger partial charge in [0.05, 0.1) is 12.2 Å². The van der Waals surface area contributed by atoms with Crippen LogP contribution < -0.4 is 5.32 Å². The van der Waals surface area contributed by atoms with Gasteiger partial charge in [-0.25, -0.2) is 0 Å². The molecule has 0 bridgehead atoms. The molecular weight excluding hydrogens is 325 g/mol. The summed E-state index contributed by atoms with van der Waals surface area (Å²) in [6.07, 6.45) is 1.00. The normalized spacial score (nSPS) is 13.7. The third-order valence-corrected chi connectivity index (χ3v) is 3.24. The minimum absolute atomic E-state index is 0.0683. The largest absolute Gasteiger partial charge is 0.374 e. The van der Waals surface area contributed by atoms with Crippen LogP contribution in [0.25, 0.3) is 0 Å². The van der Waals surface area contributed by atoms with Gasteiger partial charge in [0.1, 0.15) is 0 Å². The Labute approximate surface area is 118 Å². The van der Waals surface area contributed by atoms with Gasteiger partial charge in [-0.3, -0.25) is 0 Å². The SMILES string of the molecule is CNC(COC(C)(C)C)Cc1ccc(I)cc1. The fourth-order valence-corrected chi connectivity index (χ4v) is 1.86. The third-order valence-electron chi connectivity index (χ3n) is 2.52. The highest BCUT2D eigenvalue weighted by Crippen LogP contribution is 2.11. The second kappa shape index (κ2) is 6.71. The number of hydrogen-bond acceptors (Lipinski definition) is 2.